The molecule has 0 aliphatic carbocycles. The minimum absolute atomic E-state index is 0.215. The summed E-state index contributed by atoms with van der Waals surface area (Å²) in [4.78, 5) is 6.77. The van der Waals surface area contributed by atoms with Gasteiger partial charge in [-0.3, -0.25) is 9.78 Å². The van der Waals surface area contributed by atoms with Crippen LogP contribution in [-0.2, 0) is 7.05 Å². The Labute approximate surface area is 118 Å². The molecule has 0 bridgehead atoms. The van der Waals surface area contributed by atoms with Gasteiger partial charge in [0, 0.05) is 31.9 Å². The second-order valence-corrected chi connectivity index (χ2v) is 5.50. The molecule has 1 unspecified atom stereocenters. The Kier molecular flexibility index (Phi) is 3.21. The maximum absolute atomic E-state index is 6.01. The van der Waals surface area contributed by atoms with Crippen LogP contribution in [0.1, 0.15) is 24.2 Å². The first-order chi connectivity index (χ1) is 9.56. The van der Waals surface area contributed by atoms with E-state index in [1.807, 2.05) is 25.6 Å². The van der Waals surface area contributed by atoms with E-state index in [-0.39, 0.29) is 6.04 Å². The molecule has 1 saturated heterocycles. The van der Waals surface area contributed by atoms with E-state index < -0.39 is 0 Å². The van der Waals surface area contributed by atoms with Gasteiger partial charge in [0.2, 0.25) is 5.95 Å². The summed E-state index contributed by atoms with van der Waals surface area (Å²) in [6.07, 6.45) is 2.17. The molecule has 1 aliphatic heterocycles. The normalized spacial score (nSPS) is 19.6. The van der Waals surface area contributed by atoms with Gasteiger partial charge in [0.25, 0.3) is 0 Å². The van der Waals surface area contributed by atoms with Crippen molar-refractivity contribution in [2.24, 2.45) is 12.8 Å². The van der Waals surface area contributed by atoms with Crippen LogP contribution in [0.4, 0.5) is 5.95 Å². The Morgan fingerprint density at radius 3 is 2.80 bits per heavy atom. The number of aromatic nitrogens is 5. The molecule has 1 aliphatic rings. The highest BCUT2D eigenvalue weighted by Gasteiger charge is 2.22. The van der Waals surface area contributed by atoms with Gasteiger partial charge in [0.15, 0.2) is 5.82 Å². The molecule has 2 aromatic rings. The molecule has 7 nitrogen and oxygen atoms in total. The van der Waals surface area contributed by atoms with E-state index in [0.717, 1.165) is 54.7 Å². The smallest absolute Gasteiger partial charge is 0.245 e. The standard InChI is InChI=1S/C13H21N7/c1-8-11(9(2)19(3)18-8)12-15-13(17-16-12)20-6-4-5-10(14)7-20/h10H,4-7,14H2,1-3H3,(H,15,16,17). The minimum atomic E-state index is 0.215. The lowest BCUT2D eigenvalue weighted by molar-refractivity contribution is 0.500. The predicted octanol–water partition coefficient (Wildman–Crippen LogP) is 0.750. The molecule has 1 fully saturated rings. The van der Waals surface area contributed by atoms with Gasteiger partial charge in [0.05, 0.1) is 11.3 Å². The molecule has 3 heterocycles. The van der Waals surface area contributed by atoms with Gasteiger partial charge < -0.3 is 10.6 Å². The Morgan fingerprint density at radius 1 is 1.35 bits per heavy atom. The molecule has 1 atom stereocenters. The van der Waals surface area contributed by atoms with Crippen LogP contribution in [0.15, 0.2) is 0 Å². The average Bonchev–Trinajstić information content (AvgIpc) is 2.96. The maximum Gasteiger partial charge on any atom is 0.245 e. The van der Waals surface area contributed by atoms with Crippen molar-refractivity contribution < 1.29 is 0 Å². The fourth-order valence-corrected chi connectivity index (χ4v) is 2.81. The van der Waals surface area contributed by atoms with Gasteiger partial charge in [-0.2, -0.15) is 10.1 Å². The van der Waals surface area contributed by atoms with Gasteiger partial charge in [-0.1, -0.05) is 0 Å². The summed E-state index contributed by atoms with van der Waals surface area (Å²) in [6, 6.07) is 0.215. The van der Waals surface area contributed by atoms with Crippen molar-refractivity contribution in [2.45, 2.75) is 32.7 Å². The van der Waals surface area contributed by atoms with Gasteiger partial charge in [-0.05, 0) is 26.7 Å². The zero-order valence-electron chi connectivity index (χ0n) is 12.2. The molecule has 0 spiro atoms. The summed E-state index contributed by atoms with van der Waals surface area (Å²) in [6.45, 7) is 5.81. The molecule has 3 N–H and O–H groups in total. The quantitative estimate of drug-likeness (QED) is 0.844. The zero-order valence-corrected chi connectivity index (χ0v) is 12.2. The van der Waals surface area contributed by atoms with Gasteiger partial charge in [-0.15, -0.1) is 5.10 Å². The third-order valence-corrected chi connectivity index (χ3v) is 3.96. The summed E-state index contributed by atoms with van der Waals surface area (Å²) in [5.74, 6) is 1.51. The lowest BCUT2D eigenvalue weighted by atomic mass is 10.1. The highest BCUT2D eigenvalue weighted by Crippen LogP contribution is 2.25. The Bertz CT molecular complexity index is 612. The molecule has 0 aromatic carbocycles. The number of aryl methyl sites for hydroxylation is 2. The first-order valence-electron chi connectivity index (χ1n) is 6.99. The number of H-pyrrole nitrogens is 1. The molecule has 0 saturated carbocycles. The van der Waals surface area contributed by atoms with Crippen LogP contribution < -0.4 is 10.6 Å². The van der Waals surface area contributed by atoms with Crippen molar-refractivity contribution in [1.82, 2.24) is 25.0 Å². The number of nitrogens with one attached hydrogen (secondary N) is 1. The number of hydrogen-bond acceptors (Lipinski definition) is 5. The lowest BCUT2D eigenvalue weighted by Crippen LogP contribution is -2.43. The van der Waals surface area contributed by atoms with Crippen molar-refractivity contribution in [3.63, 3.8) is 0 Å². The number of piperidine rings is 1. The van der Waals surface area contributed by atoms with E-state index >= 15 is 0 Å². The Balaban J connectivity index is 1.90. The summed E-state index contributed by atoms with van der Waals surface area (Å²) in [5, 5.41) is 11.8. The largest absolute Gasteiger partial charge is 0.338 e. The first-order valence-corrected chi connectivity index (χ1v) is 6.99. The van der Waals surface area contributed by atoms with Crippen molar-refractivity contribution in [3.8, 4) is 11.4 Å². The number of aromatic amines is 1. The molecular formula is C13H21N7. The lowest BCUT2D eigenvalue weighted by Gasteiger charge is -2.29. The van der Waals surface area contributed by atoms with E-state index in [0.29, 0.717) is 0 Å². The number of nitrogens with zero attached hydrogens (tertiary/aromatic N) is 5. The maximum atomic E-state index is 6.01. The summed E-state index contributed by atoms with van der Waals surface area (Å²) >= 11 is 0. The van der Waals surface area contributed by atoms with E-state index in [1.54, 1.807) is 0 Å². The second kappa shape index (κ2) is 4.90. The fourth-order valence-electron chi connectivity index (χ4n) is 2.81. The van der Waals surface area contributed by atoms with Gasteiger partial charge >= 0.3 is 0 Å². The van der Waals surface area contributed by atoms with E-state index in [9.17, 15) is 0 Å². The van der Waals surface area contributed by atoms with Crippen molar-refractivity contribution in [3.05, 3.63) is 11.4 Å². The van der Waals surface area contributed by atoms with E-state index in [2.05, 4.69) is 25.2 Å². The van der Waals surface area contributed by atoms with Crippen LogP contribution in [0, 0.1) is 13.8 Å². The molecule has 2 aromatic heterocycles. The molecular weight excluding hydrogens is 254 g/mol. The highest BCUT2D eigenvalue weighted by atomic mass is 15.4. The molecule has 0 amide bonds. The molecule has 0 radical (unpaired) electrons. The van der Waals surface area contributed by atoms with Gasteiger partial charge in [0.1, 0.15) is 0 Å². The zero-order chi connectivity index (χ0) is 14.3. The van der Waals surface area contributed by atoms with Crippen molar-refractivity contribution >= 4 is 5.95 Å². The summed E-state index contributed by atoms with van der Waals surface area (Å²) in [5.41, 5.74) is 9.09. The topological polar surface area (TPSA) is 88.7 Å². The number of nitrogens with two attached hydrogens (primary N) is 1. The van der Waals surface area contributed by atoms with Gasteiger partial charge in [-0.25, -0.2) is 0 Å². The van der Waals surface area contributed by atoms with Crippen LogP contribution in [0.2, 0.25) is 0 Å². The van der Waals surface area contributed by atoms with E-state index in [4.69, 9.17) is 5.73 Å². The van der Waals surface area contributed by atoms with Crippen LogP contribution in [0.5, 0.6) is 0 Å². The number of rotatable bonds is 2. The van der Waals surface area contributed by atoms with Crippen molar-refractivity contribution in [1.29, 1.82) is 0 Å². The predicted molar refractivity (Wildman–Crippen MR) is 77.5 cm³/mol. The third-order valence-electron chi connectivity index (χ3n) is 3.96. The summed E-state index contributed by atoms with van der Waals surface area (Å²) < 4.78 is 1.86. The first kappa shape index (κ1) is 13.1. The number of hydrogen-bond donors (Lipinski definition) is 2. The fraction of sp³-hybridized carbons (Fsp3) is 0.615. The SMILES string of the molecule is Cc1nn(C)c(C)c1-c1nc(N2CCCC(N)C2)n[nH]1. The average molecular weight is 275 g/mol. The molecule has 108 valence electrons. The Hall–Kier alpha value is -1.89. The third kappa shape index (κ3) is 2.18. The monoisotopic (exact) mass is 275 g/mol. The van der Waals surface area contributed by atoms with Crippen LogP contribution >= 0.6 is 0 Å². The Morgan fingerprint density at radius 2 is 2.15 bits per heavy atom. The second-order valence-electron chi connectivity index (χ2n) is 5.50. The molecule has 7 heteroatoms. The van der Waals surface area contributed by atoms with Crippen LogP contribution in [-0.4, -0.2) is 44.1 Å². The summed E-state index contributed by atoms with van der Waals surface area (Å²) in [7, 11) is 1.94. The van der Waals surface area contributed by atoms with Crippen molar-refractivity contribution in [2.75, 3.05) is 18.0 Å². The minimum Gasteiger partial charge on any atom is -0.338 e. The molecule has 20 heavy (non-hydrogen) atoms. The molecule has 3 rings (SSSR count). The van der Waals surface area contributed by atoms with E-state index in [1.165, 1.54) is 0 Å². The van der Waals surface area contributed by atoms with Crippen LogP contribution in [0.25, 0.3) is 11.4 Å². The highest BCUT2D eigenvalue weighted by molar-refractivity contribution is 5.62. The number of anilines is 1. The van der Waals surface area contributed by atoms with Crippen LogP contribution in [0.3, 0.4) is 0 Å².